The first-order valence-corrected chi connectivity index (χ1v) is 11.7. The van der Waals surface area contributed by atoms with Gasteiger partial charge >= 0.3 is 0 Å². The molecule has 0 aromatic heterocycles. The van der Waals surface area contributed by atoms with E-state index in [0.29, 0.717) is 27.0 Å². The van der Waals surface area contributed by atoms with E-state index in [-0.39, 0.29) is 4.90 Å². The molecular formula is C23H19Cl2NO4S. The van der Waals surface area contributed by atoms with Crippen molar-refractivity contribution in [2.24, 2.45) is 0 Å². The Labute approximate surface area is 191 Å². The van der Waals surface area contributed by atoms with Gasteiger partial charge in [-0.25, -0.2) is 8.42 Å². The lowest BCUT2D eigenvalue weighted by Gasteiger charge is -2.53. The zero-order chi connectivity index (χ0) is 22.4. The minimum atomic E-state index is -4.04. The van der Waals surface area contributed by atoms with E-state index in [1.54, 1.807) is 60.7 Å². The fourth-order valence-corrected chi connectivity index (χ4v) is 6.00. The number of sulfone groups is 1. The number of methoxy groups -OCH3 is 1. The Balaban J connectivity index is 1.85. The molecule has 5 nitrogen and oxygen atoms in total. The Kier molecular flexibility index (Phi) is 5.50. The summed E-state index contributed by atoms with van der Waals surface area (Å²) < 4.78 is 30.8. The number of amides is 1. The van der Waals surface area contributed by atoms with Crippen LogP contribution in [0.15, 0.2) is 77.7 Å². The summed E-state index contributed by atoms with van der Waals surface area (Å²) in [6.07, 6.45) is 0. The molecule has 0 spiro atoms. The highest BCUT2D eigenvalue weighted by Gasteiger charge is 2.66. The molecule has 8 heteroatoms. The fraction of sp³-hybridized carbons (Fsp3) is 0.174. The van der Waals surface area contributed by atoms with Gasteiger partial charge in [-0.15, -0.1) is 0 Å². The van der Waals surface area contributed by atoms with Crippen LogP contribution in [0.25, 0.3) is 0 Å². The van der Waals surface area contributed by atoms with Crippen LogP contribution in [0, 0.1) is 0 Å². The average Bonchev–Trinajstić information content (AvgIpc) is 2.78. The van der Waals surface area contributed by atoms with E-state index in [1.165, 1.54) is 31.1 Å². The number of β-lactam (4-membered cyclic amide) rings is 1. The lowest BCUT2D eigenvalue weighted by molar-refractivity contribution is -0.127. The Morgan fingerprint density at radius 1 is 0.871 bits per heavy atom. The summed E-state index contributed by atoms with van der Waals surface area (Å²) in [5, 5.41) is 1.04. The molecule has 0 saturated carbocycles. The maximum Gasteiger partial charge on any atom is 0.251 e. The van der Waals surface area contributed by atoms with Crippen molar-refractivity contribution in [1.29, 1.82) is 0 Å². The molecule has 0 N–H and O–H groups in total. The largest absolute Gasteiger partial charge is 0.497 e. The Morgan fingerprint density at radius 3 is 1.90 bits per heavy atom. The van der Waals surface area contributed by atoms with Crippen LogP contribution < -0.4 is 9.64 Å². The van der Waals surface area contributed by atoms with Crippen LogP contribution in [-0.4, -0.2) is 26.2 Å². The van der Waals surface area contributed by atoms with Gasteiger partial charge in [0.25, 0.3) is 5.91 Å². The molecule has 160 valence electrons. The smallest absolute Gasteiger partial charge is 0.251 e. The third-order valence-corrected chi connectivity index (χ3v) is 8.55. The molecular weight excluding hydrogens is 457 g/mol. The SMILES string of the molecule is COc1ccc(S(=O)(=O)[C@@]2(C)C(=O)N(c3ccc(Cl)cc3)[C@H]2c2ccc(Cl)cc2)cc1. The summed E-state index contributed by atoms with van der Waals surface area (Å²) in [7, 11) is -2.54. The number of nitrogens with zero attached hydrogens (tertiary/aromatic N) is 1. The monoisotopic (exact) mass is 475 g/mol. The summed E-state index contributed by atoms with van der Waals surface area (Å²) in [4.78, 5) is 15.0. The van der Waals surface area contributed by atoms with E-state index in [0.717, 1.165) is 0 Å². The number of hydrogen-bond donors (Lipinski definition) is 0. The molecule has 31 heavy (non-hydrogen) atoms. The third kappa shape index (κ3) is 3.39. The summed E-state index contributed by atoms with van der Waals surface area (Å²) in [6, 6.07) is 18.9. The second-order valence-electron chi connectivity index (χ2n) is 7.39. The van der Waals surface area contributed by atoms with Crippen molar-refractivity contribution < 1.29 is 17.9 Å². The second-order valence-corrected chi connectivity index (χ2v) is 10.6. The number of carbonyl (C=O) groups is 1. The van der Waals surface area contributed by atoms with Gasteiger partial charge in [-0.2, -0.15) is 0 Å². The number of ether oxygens (including phenoxy) is 1. The van der Waals surface area contributed by atoms with Crippen LogP contribution >= 0.6 is 23.2 Å². The van der Waals surface area contributed by atoms with Crippen molar-refractivity contribution in [3.05, 3.63) is 88.4 Å². The van der Waals surface area contributed by atoms with Crippen LogP contribution in [0.4, 0.5) is 5.69 Å². The van der Waals surface area contributed by atoms with Crippen LogP contribution in [0.2, 0.25) is 10.0 Å². The molecule has 0 radical (unpaired) electrons. The maximum absolute atomic E-state index is 13.7. The third-order valence-electron chi connectivity index (χ3n) is 5.64. The topological polar surface area (TPSA) is 63.7 Å². The quantitative estimate of drug-likeness (QED) is 0.468. The minimum Gasteiger partial charge on any atom is -0.497 e. The molecule has 1 aliphatic rings. The molecule has 1 heterocycles. The number of halogens is 2. The Morgan fingerprint density at radius 2 is 1.39 bits per heavy atom. The van der Waals surface area contributed by atoms with Gasteiger partial charge in [-0.05, 0) is 73.2 Å². The van der Waals surface area contributed by atoms with Crippen LogP contribution in [0.5, 0.6) is 5.75 Å². The van der Waals surface area contributed by atoms with Crippen molar-refractivity contribution in [3.8, 4) is 5.75 Å². The molecule has 1 amide bonds. The zero-order valence-corrected chi connectivity index (χ0v) is 19.1. The number of hydrogen-bond acceptors (Lipinski definition) is 4. The zero-order valence-electron chi connectivity index (χ0n) is 16.7. The predicted molar refractivity (Wildman–Crippen MR) is 122 cm³/mol. The van der Waals surface area contributed by atoms with Gasteiger partial charge in [-0.1, -0.05) is 35.3 Å². The molecule has 0 aliphatic carbocycles. The lowest BCUT2D eigenvalue weighted by Crippen LogP contribution is -2.70. The molecule has 1 saturated heterocycles. The van der Waals surface area contributed by atoms with E-state index >= 15 is 0 Å². The molecule has 3 aromatic rings. The van der Waals surface area contributed by atoms with Crippen LogP contribution in [-0.2, 0) is 14.6 Å². The number of anilines is 1. The highest BCUT2D eigenvalue weighted by Crippen LogP contribution is 2.52. The molecule has 4 rings (SSSR count). The van der Waals surface area contributed by atoms with Gasteiger partial charge in [0.1, 0.15) is 5.75 Å². The van der Waals surface area contributed by atoms with Gasteiger partial charge in [0, 0.05) is 15.7 Å². The Bertz CT molecular complexity index is 1230. The van der Waals surface area contributed by atoms with Gasteiger partial charge in [0.2, 0.25) is 0 Å². The van der Waals surface area contributed by atoms with Gasteiger partial charge in [0.15, 0.2) is 14.6 Å². The van der Waals surface area contributed by atoms with Crippen LogP contribution in [0.1, 0.15) is 18.5 Å². The van der Waals surface area contributed by atoms with Crippen LogP contribution in [0.3, 0.4) is 0 Å². The van der Waals surface area contributed by atoms with Crippen molar-refractivity contribution in [2.75, 3.05) is 12.0 Å². The molecule has 3 aromatic carbocycles. The maximum atomic E-state index is 13.7. The molecule has 0 unspecified atom stereocenters. The van der Waals surface area contributed by atoms with Gasteiger partial charge in [-0.3, -0.25) is 4.79 Å². The number of rotatable bonds is 5. The first-order valence-electron chi connectivity index (χ1n) is 9.43. The van der Waals surface area contributed by atoms with Crippen molar-refractivity contribution in [3.63, 3.8) is 0 Å². The first kappa shape index (κ1) is 21.7. The minimum absolute atomic E-state index is 0.0545. The summed E-state index contributed by atoms with van der Waals surface area (Å²) in [6.45, 7) is 1.47. The number of carbonyl (C=O) groups excluding carboxylic acids is 1. The van der Waals surface area contributed by atoms with Crippen molar-refractivity contribution in [2.45, 2.75) is 22.6 Å². The van der Waals surface area contributed by atoms with E-state index < -0.39 is 26.5 Å². The van der Waals surface area contributed by atoms with E-state index in [9.17, 15) is 13.2 Å². The summed E-state index contributed by atoms with van der Waals surface area (Å²) >= 11 is 12.0. The van der Waals surface area contributed by atoms with Gasteiger partial charge < -0.3 is 9.64 Å². The second kappa shape index (κ2) is 7.86. The molecule has 1 fully saturated rings. The van der Waals surface area contributed by atoms with Crippen molar-refractivity contribution >= 4 is 44.6 Å². The predicted octanol–water partition coefficient (Wildman–Crippen LogP) is 5.32. The molecule has 1 aliphatic heterocycles. The number of benzene rings is 3. The molecule has 2 atom stereocenters. The van der Waals surface area contributed by atoms with Crippen molar-refractivity contribution in [1.82, 2.24) is 0 Å². The lowest BCUT2D eigenvalue weighted by atomic mass is 9.82. The summed E-state index contributed by atoms with van der Waals surface area (Å²) in [5.41, 5.74) is 1.23. The molecule has 0 bridgehead atoms. The van der Waals surface area contributed by atoms with E-state index in [4.69, 9.17) is 27.9 Å². The fourth-order valence-electron chi connectivity index (χ4n) is 3.90. The van der Waals surface area contributed by atoms with Gasteiger partial charge in [0.05, 0.1) is 18.0 Å². The summed E-state index contributed by atoms with van der Waals surface area (Å²) in [5.74, 6) is 0.0201. The van der Waals surface area contributed by atoms with E-state index in [2.05, 4.69) is 0 Å². The average molecular weight is 476 g/mol. The Hall–Kier alpha value is -2.54. The van der Waals surface area contributed by atoms with E-state index in [1.807, 2.05) is 0 Å². The standard InChI is InChI=1S/C23H19Cl2NO4S/c1-23(31(28,29)20-13-11-19(30-2)12-14-20)21(15-3-5-16(24)6-4-15)26(22(23)27)18-9-7-17(25)8-10-18/h3-14,21H,1-2H3/t21-,23+/m0/s1. The highest BCUT2D eigenvalue weighted by molar-refractivity contribution is 7.93. The highest BCUT2D eigenvalue weighted by atomic mass is 35.5. The normalized spacial score (nSPS) is 21.0. The first-order chi connectivity index (χ1) is 14.7.